The zero-order valence-corrected chi connectivity index (χ0v) is 11.1. The SMILES string of the molecule is CN(Cc1cccc2ccccc12)C(=O)C=CC(=O)O. The van der Waals surface area contributed by atoms with Crippen molar-refractivity contribution in [3.63, 3.8) is 0 Å². The summed E-state index contributed by atoms with van der Waals surface area (Å²) in [5.41, 5.74) is 1.03. The summed E-state index contributed by atoms with van der Waals surface area (Å²) in [5.74, 6) is -1.46. The first-order chi connectivity index (χ1) is 9.58. The van der Waals surface area contributed by atoms with Crippen LogP contribution in [0.15, 0.2) is 54.6 Å². The van der Waals surface area contributed by atoms with Crippen molar-refractivity contribution in [2.75, 3.05) is 7.05 Å². The number of hydrogen-bond acceptors (Lipinski definition) is 2. The number of carbonyl (C=O) groups excluding carboxylic acids is 1. The molecule has 0 aromatic heterocycles. The van der Waals surface area contributed by atoms with Crippen LogP contribution < -0.4 is 0 Å². The number of fused-ring (bicyclic) bond motifs is 1. The fraction of sp³-hybridized carbons (Fsp3) is 0.125. The van der Waals surface area contributed by atoms with E-state index in [-0.39, 0.29) is 5.91 Å². The standard InChI is InChI=1S/C16H15NO3/c1-17(15(18)9-10-16(19)20)11-13-7-4-6-12-5-2-3-8-14(12)13/h2-10H,11H2,1H3,(H,19,20). The quantitative estimate of drug-likeness (QED) is 0.867. The molecule has 0 unspecified atom stereocenters. The highest BCUT2D eigenvalue weighted by Gasteiger charge is 2.08. The van der Waals surface area contributed by atoms with Gasteiger partial charge in [-0.3, -0.25) is 4.79 Å². The maximum Gasteiger partial charge on any atom is 0.328 e. The molecule has 0 heterocycles. The van der Waals surface area contributed by atoms with Gasteiger partial charge >= 0.3 is 5.97 Å². The lowest BCUT2D eigenvalue weighted by molar-refractivity contribution is -0.132. The monoisotopic (exact) mass is 269 g/mol. The minimum atomic E-state index is -1.13. The average molecular weight is 269 g/mol. The van der Waals surface area contributed by atoms with Crippen LogP contribution in [0.1, 0.15) is 5.56 Å². The molecular weight excluding hydrogens is 254 g/mol. The van der Waals surface area contributed by atoms with Crippen molar-refractivity contribution in [2.24, 2.45) is 0 Å². The van der Waals surface area contributed by atoms with Gasteiger partial charge in [-0.2, -0.15) is 0 Å². The lowest BCUT2D eigenvalue weighted by Crippen LogP contribution is -2.24. The number of benzene rings is 2. The molecule has 0 saturated carbocycles. The fourth-order valence-corrected chi connectivity index (χ4v) is 2.03. The number of nitrogens with zero attached hydrogens (tertiary/aromatic N) is 1. The first-order valence-electron chi connectivity index (χ1n) is 6.20. The molecule has 1 N–H and O–H groups in total. The van der Waals surface area contributed by atoms with Crippen LogP contribution in [0.4, 0.5) is 0 Å². The lowest BCUT2D eigenvalue weighted by atomic mass is 10.0. The van der Waals surface area contributed by atoms with E-state index in [4.69, 9.17) is 5.11 Å². The van der Waals surface area contributed by atoms with Crippen LogP contribution >= 0.6 is 0 Å². The van der Waals surface area contributed by atoms with Crippen LogP contribution in [0.5, 0.6) is 0 Å². The smallest absolute Gasteiger partial charge is 0.328 e. The molecule has 0 atom stereocenters. The number of carboxylic acids is 1. The molecule has 0 fully saturated rings. The van der Waals surface area contributed by atoms with Gasteiger partial charge in [-0.05, 0) is 16.3 Å². The van der Waals surface area contributed by atoms with E-state index in [1.54, 1.807) is 7.05 Å². The summed E-state index contributed by atoms with van der Waals surface area (Å²) in [6.07, 6.45) is 1.91. The second-order valence-corrected chi connectivity index (χ2v) is 4.50. The molecule has 4 nitrogen and oxygen atoms in total. The summed E-state index contributed by atoms with van der Waals surface area (Å²) in [5, 5.41) is 10.7. The zero-order valence-electron chi connectivity index (χ0n) is 11.1. The molecule has 0 aliphatic heterocycles. The average Bonchev–Trinajstić information content (AvgIpc) is 2.45. The Bertz CT molecular complexity index is 671. The number of hydrogen-bond donors (Lipinski definition) is 1. The maximum absolute atomic E-state index is 11.8. The second-order valence-electron chi connectivity index (χ2n) is 4.50. The molecule has 0 radical (unpaired) electrons. The van der Waals surface area contributed by atoms with E-state index in [0.29, 0.717) is 6.54 Å². The van der Waals surface area contributed by atoms with Gasteiger partial charge in [0.1, 0.15) is 0 Å². The predicted molar refractivity (Wildman–Crippen MR) is 77.2 cm³/mol. The molecule has 1 amide bonds. The van der Waals surface area contributed by atoms with Gasteiger partial charge in [0, 0.05) is 25.7 Å². The lowest BCUT2D eigenvalue weighted by Gasteiger charge is -2.16. The highest BCUT2D eigenvalue weighted by Crippen LogP contribution is 2.19. The fourth-order valence-electron chi connectivity index (χ4n) is 2.03. The highest BCUT2D eigenvalue weighted by molar-refractivity contribution is 5.94. The number of likely N-dealkylation sites (N-methyl/N-ethyl adjacent to an activating group) is 1. The molecule has 2 rings (SSSR count). The molecule has 0 spiro atoms. The number of rotatable bonds is 4. The van der Waals surface area contributed by atoms with Crippen LogP contribution in [0.3, 0.4) is 0 Å². The van der Waals surface area contributed by atoms with Gasteiger partial charge in [0.05, 0.1) is 0 Å². The van der Waals surface area contributed by atoms with Crippen LogP contribution in [0.2, 0.25) is 0 Å². The number of amides is 1. The molecule has 0 aliphatic carbocycles. The van der Waals surface area contributed by atoms with Gasteiger partial charge in [-0.15, -0.1) is 0 Å². The van der Waals surface area contributed by atoms with Crippen molar-refractivity contribution in [1.82, 2.24) is 4.90 Å². The van der Waals surface area contributed by atoms with Crippen LogP contribution in [-0.4, -0.2) is 28.9 Å². The van der Waals surface area contributed by atoms with E-state index in [9.17, 15) is 9.59 Å². The highest BCUT2D eigenvalue weighted by atomic mass is 16.4. The Morgan fingerprint density at radius 3 is 2.55 bits per heavy atom. The van der Waals surface area contributed by atoms with Gasteiger partial charge in [0.25, 0.3) is 0 Å². The summed E-state index contributed by atoms with van der Waals surface area (Å²) in [6, 6.07) is 13.9. The normalized spacial score (nSPS) is 10.8. The minimum absolute atomic E-state index is 0.333. The van der Waals surface area contributed by atoms with Crippen molar-refractivity contribution in [3.05, 3.63) is 60.2 Å². The maximum atomic E-state index is 11.8. The van der Waals surface area contributed by atoms with E-state index in [1.807, 2.05) is 42.5 Å². The van der Waals surface area contributed by atoms with Crippen molar-refractivity contribution < 1.29 is 14.7 Å². The second kappa shape index (κ2) is 6.02. The summed E-state index contributed by atoms with van der Waals surface area (Å²) < 4.78 is 0. The van der Waals surface area contributed by atoms with Crippen LogP contribution in [0, 0.1) is 0 Å². The largest absolute Gasteiger partial charge is 0.478 e. The minimum Gasteiger partial charge on any atom is -0.478 e. The van der Waals surface area contributed by atoms with Gasteiger partial charge in [0.15, 0.2) is 0 Å². The molecule has 20 heavy (non-hydrogen) atoms. The third-order valence-electron chi connectivity index (χ3n) is 3.03. The number of carboxylic acid groups (broad SMARTS) is 1. The summed E-state index contributed by atoms with van der Waals surface area (Å²) in [6.45, 7) is 0.435. The molecule has 102 valence electrons. The molecular formula is C16H15NO3. The van der Waals surface area contributed by atoms with E-state index >= 15 is 0 Å². The Kier molecular flexibility index (Phi) is 4.15. The number of carbonyl (C=O) groups is 2. The Balaban J connectivity index is 2.20. The summed E-state index contributed by atoms with van der Waals surface area (Å²) in [7, 11) is 1.65. The Morgan fingerprint density at radius 1 is 1.10 bits per heavy atom. The molecule has 2 aromatic rings. The van der Waals surface area contributed by atoms with Crippen molar-refractivity contribution >= 4 is 22.6 Å². The van der Waals surface area contributed by atoms with Gasteiger partial charge in [-0.25, -0.2) is 4.79 Å². The molecule has 0 saturated heterocycles. The zero-order chi connectivity index (χ0) is 14.5. The van der Waals surface area contributed by atoms with E-state index in [1.165, 1.54) is 4.90 Å². The Hall–Kier alpha value is -2.62. The van der Waals surface area contributed by atoms with Crippen LogP contribution in [-0.2, 0) is 16.1 Å². The molecule has 0 aliphatic rings. The van der Waals surface area contributed by atoms with Gasteiger partial charge in [0.2, 0.25) is 5.91 Å². The first kappa shape index (κ1) is 13.8. The van der Waals surface area contributed by atoms with E-state index < -0.39 is 5.97 Å². The van der Waals surface area contributed by atoms with E-state index in [2.05, 4.69) is 0 Å². The predicted octanol–water partition coefficient (Wildman–Crippen LogP) is 2.44. The summed E-state index contributed by atoms with van der Waals surface area (Å²) >= 11 is 0. The van der Waals surface area contributed by atoms with Crippen molar-refractivity contribution in [2.45, 2.75) is 6.54 Å². The van der Waals surface area contributed by atoms with Crippen molar-refractivity contribution in [1.29, 1.82) is 0 Å². The topological polar surface area (TPSA) is 57.6 Å². The summed E-state index contributed by atoms with van der Waals surface area (Å²) in [4.78, 5) is 23.7. The van der Waals surface area contributed by atoms with Gasteiger partial charge < -0.3 is 10.0 Å². The third-order valence-corrected chi connectivity index (χ3v) is 3.03. The first-order valence-corrected chi connectivity index (χ1v) is 6.20. The van der Waals surface area contributed by atoms with E-state index in [0.717, 1.165) is 28.5 Å². The molecule has 0 bridgehead atoms. The third kappa shape index (κ3) is 3.23. The van der Waals surface area contributed by atoms with Crippen molar-refractivity contribution in [3.8, 4) is 0 Å². The number of aliphatic carboxylic acids is 1. The van der Waals surface area contributed by atoms with Gasteiger partial charge in [-0.1, -0.05) is 42.5 Å². The Morgan fingerprint density at radius 2 is 1.80 bits per heavy atom. The Labute approximate surface area is 116 Å². The molecule has 4 heteroatoms. The molecule has 2 aromatic carbocycles. The van der Waals surface area contributed by atoms with Crippen LogP contribution in [0.25, 0.3) is 10.8 Å².